The summed E-state index contributed by atoms with van der Waals surface area (Å²) in [6.45, 7) is 4.36. The minimum Gasteiger partial charge on any atom is -0.478 e. The lowest BCUT2D eigenvalue weighted by Gasteiger charge is -2.08. The second-order valence-corrected chi connectivity index (χ2v) is 5.98. The smallest absolute Gasteiger partial charge is 0.337 e. The number of nitrogens with zero attached hydrogens (tertiary/aromatic N) is 2. The van der Waals surface area contributed by atoms with E-state index in [1.807, 2.05) is 12.1 Å². The van der Waals surface area contributed by atoms with Gasteiger partial charge < -0.3 is 9.67 Å². The van der Waals surface area contributed by atoms with E-state index in [9.17, 15) is 9.90 Å². The predicted molar refractivity (Wildman–Crippen MR) is 82.7 cm³/mol. The van der Waals surface area contributed by atoms with Gasteiger partial charge in [0.1, 0.15) is 11.3 Å². The Kier molecular flexibility index (Phi) is 3.70. The number of aryl methyl sites for hydroxylation is 1. The monoisotopic (exact) mass is 286 g/mol. The number of para-hydroxylation sites is 1. The fourth-order valence-electron chi connectivity index (χ4n) is 3.34. The molecule has 1 N–H and O–H groups in total. The maximum atomic E-state index is 11.4. The molecule has 21 heavy (non-hydrogen) atoms. The molecule has 0 saturated heterocycles. The normalized spacial score (nSPS) is 20.9. The van der Waals surface area contributed by atoms with Gasteiger partial charge in [0, 0.05) is 12.5 Å². The van der Waals surface area contributed by atoms with E-state index in [-0.39, 0.29) is 0 Å². The van der Waals surface area contributed by atoms with Gasteiger partial charge in [-0.1, -0.05) is 26.3 Å². The molecule has 0 amide bonds. The fourth-order valence-corrected chi connectivity index (χ4v) is 3.34. The molecule has 2 unspecified atom stereocenters. The first-order valence-corrected chi connectivity index (χ1v) is 7.90. The van der Waals surface area contributed by atoms with E-state index in [0.29, 0.717) is 17.1 Å². The average Bonchev–Trinajstić information content (AvgIpc) is 3.10. The number of hydrogen-bond acceptors (Lipinski definition) is 2. The highest BCUT2D eigenvalue weighted by Crippen LogP contribution is 2.48. The molecule has 4 heteroatoms. The molecule has 0 aliphatic heterocycles. The first-order valence-electron chi connectivity index (χ1n) is 7.90. The van der Waals surface area contributed by atoms with Crippen molar-refractivity contribution in [3.63, 3.8) is 0 Å². The summed E-state index contributed by atoms with van der Waals surface area (Å²) in [4.78, 5) is 16.1. The van der Waals surface area contributed by atoms with Gasteiger partial charge in [0.05, 0.1) is 11.1 Å². The van der Waals surface area contributed by atoms with Crippen molar-refractivity contribution in [3.8, 4) is 0 Å². The maximum absolute atomic E-state index is 11.4. The van der Waals surface area contributed by atoms with Crippen molar-refractivity contribution >= 4 is 17.0 Å². The lowest BCUT2D eigenvalue weighted by Crippen LogP contribution is -2.03. The molecule has 4 nitrogen and oxygen atoms in total. The average molecular weight is 286 g/mol. The summed E-state index contributed by atoms with van der Waals surface area (Å²) in [6, 6.07) is 6.00. The Morgan fingerprint density at radius 1 is 1.38 bits per heavy atom. The van der Waals surface area contributed by atoms with Gasteiger partial charge >= 0.3 is 5.97 Å². The zero-order valence-corrected chi connectivity index (χ0v) is 12.7. The van der Waals surface area contributed by atoms with Gasteiger partial charge in [-0.2, -0.15) is 0 Å². The summed E-state index contributed by atoms with van der Waals surface area (Å²) in [5.41, 5.74) is 1.95. The Morgan fingerprint density at radius 2 is 2.19 bits per heavy atom. The first-order chi connectivity index (χ1) is 10.2. The summed E-state index contributed by atoms with van der Waals surface area (Å²) in [6.07, 6.45) is 5.58. The van der Waals surface area contributed by atoms with Crippen LogP contribution in [0.1, 0.15) is 61.8 Å². The molecule has 1 aromatic heterocycles. The third kappa shape index (κ3) is 2.43. The predicted octanol–water partition coefficient (Wildman–Crippen LogP) is 4.05. The molecule has 0 spiro atoms. The van der Waals surface area contributed by atoms with Gasteiger partial charge in [-0.25, -0.2) is 9.78 Å². The van der Waals surface area contributed by atoms with Crippen LogP contribution in [0.2, 0.25) is 0 Å². The van der Waals surface area contributed by atoms with Crippen molar-refractivity contribution in [2.24, 2.45) is 5.92 Å². The van der Waals surface area contributed by atoms with Crippen LogP contribution in [-0.2, 0) is 6.42 Å². The fraction of sp³-hybridized carbons (Fsp3) is 0.529. The van der Waals surface area contributed by atoms with E-state index in [0.717, 1.165) is 30.1 Å². The Balaban J connectivity index is 2.10. The Hall–Kier alpha value is -1.84. The first kappa shape index (κ1) is 14.1. The van der Waals surface area contributed by atoms with Crippen LogP contribution in [0.25, 0.3) is 11.0 Å². The Bertz CT molecular complexity index is 675. The van der Waals surface area contributed by atoms with E-state index in [1.165, 1.54) is 19.3 Å². The Morgan fingerprint density at radius 3 is 2.86 bits per heavy atom. The molecule has 1 aliphatic rings. The lowest BCUT2D eigenvalue weighted by molar-refractivity contribution is 0.0699. The maximum Gasteiger partial charge on any atom is 0.337 e. The zero-order valence-electron chi connectivity index (χ0n) is 12.7. The molecule has 0 radical (unpaired) electrons. The summed E-state index contributed by atoms with van der Waals surface area (Å²) in [5, 5.41) is 9.35. The van der Waals surface area contributed by atoms with E-state index in [4.69, 9.17) is 0 Å². The van der Waals surface area contributed by atoms with Gasteiger partial charge in [-0.15, -0.1) is 0 Å². The number of carbonyl (C=O) groups is 1. The van der Waals surface area contributed by atoms with Crippen LogP contribution in [0.15, 0.2) is 18.2 Å². The van der Waals surface area contributed by atoms with Crippen molar-refractivity contribution in [1.29, 1.82) is 0 Å². The summed E-state index contributed by atoms with van der Waals surface area (Å²) >= 11 is 0. The minimum absolute atomic E-state index is 0.316. The van der Waals surface area contributed by atoms with Crippen LogP contribution in [0.4, 0.5) is 0 Å². The summed E-state index contributed by atoms with van der Waals surface area (Å²) in [5.74, 6) is 0.885. The molecule has 1 saturated carbocycles. The van der Waals surface area contributed by atoms with Crippen LogP contribution in [0, 0.1) is 5.92 Å². The second-order valence-electron chi connectivity index (χ2n) is 5.98. The van der Waals surface area contributed by atoms with E-state index >= 15 is 0 Å². The van der Waals surface area contributed by atoms with Gasteiger partial charge in [0.2, 0.25) is 0 Å². The molecule has 2 aromatic rings. The number of fused-ring (bicyclic) bond motifs is 1. The SMILES string of the molecule is CCCc1nc2c(C(=O)O)cccc2n1C1CC1CCC. The molecule has 1 aliphatic carbocycles. The molecule has 112 valence electrons. The minimum atomic E-state index is -0.894. The van der Waals surface area contributed by atoms with E-state index in [1.54, 1.807) is 6.07 Å². The third-order valence-electron chi connectivity index (χ3n) is 4.37. The van der Waals surface area contributed by atoms with E-state index < -0.39 is 5.97 Å². The Labute approximate surface area is 124 Å². The summed E-state index contributed by atoms with van der Waals surface area (Å²) < 4.78 is 2.31. The molecular weight excluding hydrogens is 264 g/mol. The molecule has 3 rings (SSSR count). The van der Waals surface area contributed by atoms with Crippen LogP contribution in [0.5, 0.6) is 0 Å². The van der Waals surface area contributed by atoms with Crippen LogP contribution >= 0.6 is 0 Å². The topological polar surface area (TPSA) is 55.1 Å². The molecule has 1 fully saturated rings. The highest BCUT2D eigenvalue weighted by Gasteiger charge is 2.39. The van der Waals surface area contributed by atoms with Crippen molar-refractivity contribution in [2.45, 2.75) is 52.0 Å². The number of rotatable bonds is 6. The number of hydrogen-bond donors (Lipinski definition) is 1. The number of carboxylic acid groups (broad SMARTS) is 1. The molecule has 2 atom stereocenters. The lowest BCUT2D eigenvalue weighted by atomic mass is 10.2. The number of aromatic carboxylic acids is 1. The highest BCUT2D eigenvalue weighted by molar-refractivity contribution is 6.01. The van der Waals surface area contributed by atoms with Crippen LogP contribution in [0.3, 0.4) is 0 Å². The van der Waals surface area contributed by atoms with Gasteiger partial charge in [-0.3, -0.25) is 0 Å². The molecular formula is C17H22N2O2. The summed E-state index contributed by atoms with van der Waals surface area (Å²) in [7, 11) is 0. The highest BCUT2D eigenvalue weighted by atomic mass is 16.4. The van der Waals surface area contributed by atoms with Gasteiger partial charge in [0.15, 0.2) is 0 Å². The largest absolute Gasteiger partial charge is 0.478 e. The number of imidazole rings is 1. The third-order valence-corrected chi connectivity index (χ3v) is 4.37. The van der Waals surface area contributed by atoms with Crippen LogP contribution < -0.4 is 0 Å². The quantitative estimate of drug-likeness (QED) is 0.871. The van der Waals surface area contributed by atoms with E-state index in [2.05, 4.69) is 23.4 Å². The standard InChI is InChI=1S/C17H22N2O2/c1-3-6-11-10-14(11)19-13-9-5-8-12(17(20)21)16(13)18-15(19)7-4-2/h5,8-9,11,14H,3-4,6-7,10H2,1-2H3,(H,20,21). The second kappa shape index (κ2) is 5.51. The van der Waals surface area contributed by atoms with Crippen molar-refractivity contribution in [2.75, 3.05) is 0 Å². The zero-order chi connectivity index (χ0) is 15.0. The van der Waals surface area contributed by atoms with Gasteiger partial charge in [-0.05, 0) is 37.3 Å². The number of benzene rings is 1. The molecule has 0 bridgehead atoms. The van der Waals surface area contributed by atoms with Crippen molar-refractivity contribution < 1.29 is 9.90 Å². The van der Waals surface area contributed by atoms with Gasteiger partial charge in [0.25, 0.3) is 0 Å². The number of carboxylic acids is 1. The molecule has 1 aromatic carbocycles. The number of aromatic nitrogens is 2. The van der Waals surface area contributed by atoms with Crippen molar-refractivity contribution in [3.05, 3.63) is 29.6 Å². The molecule has 1 heterocycles. The van der Waals surface area contributed by atoms with Crippen LogP contribution in [-0.4, -0.2) is 20.6 Å². The van der Waals surface area contributed by atoms with Crippen molar-refractivity contribution in [1.82, 2.24) is 9.55 Å².